The zero-order chi connectivity index (χ0) is 5.56. The molecule has 0 aromatic rings. The van der Waals surface area contributed by atoms with Gasteiger partial charge in [-0.05, 0) is 18.3 Å². The first-order valence-corrected chi connectivity index (χ1v) is 3.63. The van der Waals surface area contributed by atoms with Crippen LogP contribution in [0, 0.1) is 11.8 Å². The van der Waals surface area contributed by atoms with Gasteiger partial charge in [0.05, 0.1) is 0 Å². The molecule has 0 amide bonds. The largest absolute Gasteiger partial charge is 0.327 e. The van der Waals surface area contributed by atoms with Crippen molar-refractivity contribution >= 4 is 0 Å². The second-order valence-corrected chi connectivity index (χ2v) is 3.25. The van der Waals surface area contributed by atoms with Gasteiger partial charge in [0.15, 0.2) is 0 Å². The van der Waals surface area contributed by atoms with Crippen molar-refractivity contribution in [1.82, 2.24) is 0 Å². The van der Waals surface area contributed by atoms with Gasteiger partial charge in [0.25, 0.3) is 0 Å². The summed E-state index contributed by atoms with van der Waals surface area (Å²) in [5, 5.41) is 0. The first kappa shape index (κ1) is 4.80. The zero-order valence-corrected chi connectivity index (χ0v) is 5.14. The highest BCUT2D eigenvalue weighted by atomic mass is 14.8. The summed E-state index contributed by atoms with van der Waals surface area (Å²) in [7, 11) is 0. The molecule has 0 saturated heterocycles. The van der Waals surface area contributed by atoms with Gasteiger partial charge in [-0.3, -0.25) is 0 Å². The SMILES string of the molecule is N[C@H]1C[C@@H]1C1CCC1. The van der Waals surface area contributed by atoms with Crippen LogP contribution >= 0.6 is 0 Å². The third kappa shape index (κ3) is 0.576. The Morgan fingerprint density at radius 2 is 1.88 bits per heavy atom. The molecule has 0 aromatic carbocycles. The van der Waals surface area contributed by atoms with Gasteiger partial charge in [-0.25, -0.2) is 0 Å². The summed E-state index contributed by atoms with van der Waals surface area (Å²) in [5.41, 5.74) is 5.68. The Hall–Kier alpha value is -0.0400. The van der Waals surface area contributed by atoms with Crippen molar-refractivity contribution in [2.24, 2.45) is 17.6 Å². The molecule has 1 nitrogen and oxygen atoms in total. The van der Waals surface area contributed by atoms with Crippen LogP contribution in [0.15, 0.2) is 0 Å². The third-order valence-electron chi connectivity index (χ3n) is 2.65. The van der Waals surface area contributed by atoms with E-state index in [0.717, 1.165) is 11.8 Å². The van der Waals surface area contributed by atoms with Gasteiger partial charge in [0, 0.05) is 6.04 Å². The van der Waals surface area contributed by atoms with Gasteiger partial charge in [-0.15, -0.1) is 0 Å². The number of rotatable bonds is 1. The number of hydrogen-bond donors (Lipinski definition) is 1. The van der Waals surface area contributed by atoms with E-state index >= 15 is 0 Å². The minimum absolute atomic E-state index is 0.597. The fourth-order valence-electron chi connectivity index (χ4n) is 1.65. The lowest BCUT2D eigenvalue weighted by molar-refractivity contribution is 0.273. The molecule has 46 valence electrons. The van der Waals surface area contributed by atoms with Crippen molar-refractivity contribution < 1.29 is 0 Å². The maximum Gasteiger partial charge on any atom is 0.00737 e. The van der Waals surface area contributed by atoms with Gasteiger partial charge >= 0.3 is 0 Å². The number of hydrogen-bond acceptors (Lipinski definition) is 1. The molecule has 2 saturated carbocycles. The molecule has 2 N–H and O–H groups in total. The average Bonchev–Trinajstić information content (AvgIpc) is 2.13. The van der Waals surface area contributed by atoms with Crippen LogP contribution in [0.2, 0.25) is 0 Å². The minimum Gasteiger partial charge on any atom is -0.327 e. The van der Waals surface area contributed by atoms with E-state index in [4.69, 9.17) is 5.73 Å². The predicted octanol–water partition coefficient (Wildman–Crippen LogP) is 1.13. The summed E-state index contributed by atoms with van der Waals surface area (Å²) in [4.78, 5) is 0. The van der Waals surface area contributed by atoms with Crippen molar-refractivity contribution in [2.45, 2.75) is 31.7 Å². The first-order chi connectivity index (χ1) is 3.88. The summed E-state index contributed by atoms with van der Waals surface area (Å²) in [6, 6.07) is 0.597. The van der Waals surface area contributed by atoms with Crippen molar-refractivity contribution in [3.8, 4) is 0 Å². The van der Waals surface area contributed by atoms with Gasteiger partial charge < -0.3 is 5.73 Å². The third-order valence-corrected chi connectivity index (χ3v) is 2.65. The Labute approximate surface area is 50.3 Å². The van der Waals surface area contributed by atoms with Crippen LogP contribution in [-0.4, -0.2) is 6.04 Å². The lowest BCUT2D eigenvalue weighted by Crippen LogP contribution is -2.17. The monoisotopic (exact) mass is 111 g/mol. The standard InChI is InChI=1S/C7H13N/c8-7-4-6(7)5-2-1-3-5/h5-7H,1-4,8H2/t6-,7+/m1/s1. The fourth-order valence-corrected chi connectivity index (χ4v) is 1.65. The Balaban J connectivity index is 1.82. The Morgan fingerprint density at radius 3 is 2.00 bits per heavy atom. The van der Waals surface area contributed by atoms with E-state index in [-0.39, 0.29) is 0 Å². The van der Waals surface area contributed by atoms with Crippen LogP contribution in [0.25, 0.3) is 0 Å². The smallest absolute Gasteiger partial charge is 0.00737 e. The molecule has 0 radical (unpaired) electrons. The van der Waals surface area contributed by atoms with E-state index in [1.807, 2.05) is 0 Å². The van der Waals surface area contributed by atoms with Crippen LogP contribution in [0.1, 0.15) is 25.7 Å². The Morgan fingerprint density at radius 1 is 1.25 bits per heavy atom. The highest BCUT2D eigenvalue weighted by Gasteiger charge is 2.42. The molecule has 1 heteroatoms. The molecular weight excluding hydrogens is 98.1 g/mol. The summed E-state index contributed by atoms with van der Waals surface area (Å²) in [5.74, 6) is 1.99. The number of nitrogens with two attached hydrogens (primary N) is 1. The first-order valence-electron chi connectivity index (χ1n) is 3.63. The molecule has 8 heavy (non-hydrogen) atoms. The van der Waals surface area contributed by atoms with Crippen LogP contribution in [0.4, 0.5) is 0 Å². The van der Waals surface area contributed by atoms with E-state index in [1.165, 1.54) is 25.7 Å². The molecule has 2 aliphatic carbocycles. The minimum atomic E-state index is 0.597. The van der Waals surface area contributed by atoms with E-state index in [9.17, 15) is 0 Å². The summed E-state index contributed by atoms with van der Waals surface area (Å²) in [6.45, 7) is 0. The van der Waals surface area contributed by atoms with Gasteiger partial charge in [0.1, 0.15) is 0 Å². The molecular formula is C7H13N. The normalized spacial score (nSPS) is 46.1. The lowest BCUT2D eigenvalue weighted by Gasteiger charge is -2.24. The second-order valence-electron chi connectivity index (χ2n) is 3.25. The molecule has 0 spiro atoms. The quantitative estimate of drug-likeness (QED) is 0.539. The van der Waals surface area contributed by atoms with Crippen molar-refractivity contribution in [2.75, 3.05) is 0 Å². The van der Waals surface area contributed by atoms with Gasteiger partial charge in [-0.1, -0.05) is 19.3 Å². The topological polar surface area (TPSA) is 26.0 Å². The molecule has 0 unspecified atom stereocenters. The fraction of sp³-hybridized carbons (Fsp3) is 1.00. The maximum absolute atomic E-state index is 5.68. The maximum atomic E-state index is 5.68. The Kier molecular flexibility index (Phi) is 0.884. The lowest BCUT2D eigenvalue weighted by atomic mass is 9.81. The second kappa shape index (κ2) is 1.47. The van der Waals surface area contributed by atoms with Gasteiger partial charge in [-0.2, -0.15) is 0 Å². The molecule has 0 heterocycles. The summed E-state index contributed by atoms with van der Waals surface area (Å²) >= 11 is 0. The van der Waals surface area contributed by atoms with E-state index < -0.39 is 0 Å². The summed E-state index contributed by atoms with van der Waals surface area (Å²) < 4.78 is 0. The Bertz CT molecular complexity index is 93.8. The van der Waals surface area contributed by atoms with E-state index in [2.05, 4.69) is 0 Å². The predicted molar refractivity (Wildman–Crippen MR) is 33.4 cm³/mol. The van der Waals surface area contributed by atoms with Crippen molar-refractivity contribution in [1.29, 1.82) is 0 Å². The van der Waals surface area contributed by atoms with Crippen LogP contribution < -0.4 is 5.73 Å². The molecule has 2 rings (SSSR count). The van der Waals surface area contributed by atoms with Crippen LogP contribution in [0.5, 0.6) is 0 Å². The van der Waals surface area contributed by atoms with Crippen LogP contribution in [0.3, 0.4) is 0 Å². The molecule has 2 aliphatic rings. The average molecular weight is 111 g/mol. The molecule has 0 aromatic heterocycles. The molecule has 2 atom stereocenters. The van der Waals surface area contributed by atoms with Gasteiger partial charge in [0.2, 0.25) is 0 Å². The highest BCUT2D eigenvalue weighted by molar-refractivity contribution is 4.97. The van der Waals surface area contributed by atoms with Crippen molar-refractivity contribution in [3.63, 3.8) is 0 Å². The molecule has 2 fully saturated rings. The van der Waals surface area contributed by atoms with E-state index in [0.29, 0.717) is 6.04 Å². The van der Waals surface area contributed by atoms with Crippen molar-refractivity contribution in [3.05, 3.63) is 0 Å². The van der Waals surface area contributed by atoms with Crippen LogP contribution in [-0.2, 0) is 0 Å². The highest BCUT2D eigenvalue weighted by Crippen LogP contribution is 2.45. The van der Waals surface area contributed by atoms with E-state index in [1.54, 1.807) is 0 Å². The molecule has 0 bridgehead atoms. The summed E-state index contributed by atoms with van der Waals surface area (Å²) in [6.07, 6.45) is 5.73. The zero-order valence-electron chi connectivity index (χ0n) is 5.14. The molecule has 0 aliphatic heterocycles.